The lowest BCUT2D eigenvalue weighted by Gasteiger charge is -2.26. The summed E-state index contributed by atoms with van der Waals surface area (Å²) >= 11 is 0. The molecule has 0 aromatic heterocycles. The summed E-state index contributed by atoms with van der Waals surface area (Å²) in [5.74, 6) is 1.39. The molecule has 2 aliphatic heterocycles. The molecule has 0 aliphatic carbocycles. The molecule has 0 unspecified atom stereocenters. The smallest absolute Gasteiger partial charge is 0.412 e. The highest BCUT2D eigenvalue weighted by Gasteiger charge is 2.39. The number of carbonyl (C=O) groups excluding carboxylic acids is 2. The van der Waals surface area contributed by atoms with Gasteiger partial charge in [-0.1, -0.05) is 6.58 Å². The molecule has 0 radical (unpaired) electrons. The number of nitrogens with zero attached hydrogens (tertiary/aromatic N) is 2. The summed E-state index contributed by atoms with van der Waals surface area (Å²) in [4.78, 5) is 29.0. The monoisotopic (exact) mass is 416 g/mol. The fraction of sp³-hybridized carbons (Fsp3) is 0.545. The van der Waals surface area contributed by atoms with Gasteiger partial charge < -0.3 is 24.6 Å². The van der Waals surface area contributed by atoms with Gasteiger partial charge in [0.15, 0.2) is 0 Å². The van der Waals surface area contributed by atoms with Gasteiger partial charge in [0.25, 0.3) is 0 Å². The summed E-state index contributed by atoms with van der Waals surface area (Å²) in [6.07, 6.45) is 0.635. The van der Waals surface area contributed by atoms with Gasteiger partial charge in [0.1, 0.15) is 11.4 Å². The Bertz CT molecular complexity index is 819. The van der Waals surface area contributed by atoms with Crippen LogP contribution in [-0.4, -0.2) is 62.8 Å². The lowest BCUT2D eigenvalue weighted by atomic mass is 10.0. The van der Waals surface area contributed by atoms with Crippen molar-refractivity contribution in [3.63, 3.8) is 0 Å². The van der Waals surface area contributed by atoms with Crippen LogP contribution < -0.4 is 20.3 Å². The highest BCUT2D eigenvalue weighted by molar-refractivity contribution is 6.02. The van der Waals surface area contributed by atoms with E-state index in [0.29, 0.717) is 29.0 Å². The van der Waals surface area contributed by atoms with Crippen LogP contribution in [0.3, 0.4) is 0 Å². The van der Waals surface area contributed by atoms with Gasteiger partial charge >= 0.3 is 6.09 Å². The van der Waals surface area contributed by atoms with Crippen molar-refractivity contribution in [2.24, 2.45) is 11.8 Å². The molecule has 0 saturated carbocycles. The minimum absolute atomic E-state index is 0.316. The van der Waals surface area contributed by atoms with E-state index in [1.54, 1.807) is 33.9 Å². The van der Waals surface area contributed by atoms with E-state index in [9.17, 15) is 9.59 Å². The van der Waals surface area contributed by atoms with Crippen molar-refractivity contribution in [2.45, 2.75) is 26.4 Å². The second-order valence-corrected chi connectivity index (χ2v) is 9.04. The van der Waals surface area contributed by atoms with Gasteiger partial charge in [-0.25, -0.2) is 4.79 Å². The first-order valence-electron chi connectivity index (χ1n) is 10.2. The van der Waals surface area contributed by atoms with Crippen LogP contribution in [0.2, 0.25) is 0 Å². The van der Waals surface area contributed by atoms with Gasteiger partial charge in [0.2, 0.25) is 5.91 Å². The van der Waals surface area contributed by atoms with Gasteiger partial charge in [0.05, 0.1) is 24.2 Å². The van der Waals surface area contributed by atoms with Gasteiger partial charge in [-0.3, -0.25) is 10.1 Å². The SMILES string of the molecule is C=CC(=O)Nc1cc(NC(=O)OC(C)(C)C)c(OC)cc1N1C[C@H]2CN(C)C[C@H]2C1. The molecule has 164 valence electrons. The minimum atomic E-state index is -0.627. The maximum atomic E-state index is 12.3. The van der Waals surface area contributed by atoms with Crippen molar-refractivity contribution in [3.05, 3.63) is 24.8 Å². The maximum Gasteiger partial charge on any atom is 0.412 e. The van der Waals surface area contributed by atoms with Crippen LogP contribution >= 0.6 is 0 Å². The number of ether oxygens (including phenoxy) is 2. The van der Waals surface area contributed by atoms with E-state index in [-0.39, 0.29) is 5.91 Å². The number of anilines is 3. The zero-order valence-corrected chi connectivity index (χ0v) is 18.4. The van der Waals surface area contributed by atoms with Crippen molar-refractivity contribution >= 4 is 29.1 Å². The Kier molecular flexibility index (Phi) is 6.26. The van der Waals surface area contributed by atoms with Crippen LogP contribution in [0.1, 0.15) is 20.8 Å². The summed E-state index contributed by atoms with van der Waals surface area (Å²) in [7, 11) is 3.70. The molecule has 0 spiro atoms. The zero-order valence-electron chi connectivity index (χ0n) is 18.4. The normalized spacial score (nSPS) is 21.2. The molecule has 2 heterocycles. The molecule has 2 fully saturated rings. The Morgan fingerprint density at radius 3 is 2.27 bits per heavy atom. The molecule has 1 aromatic carbocycles. The van der Waals surface area contributed by atoms with Crippen molar-refractivity contribution in [2.75, 3.05) is 55.9 Å². The van der Waals surface area contributed by atoms with E-state index in [2.05, 4.69) is 34.1 Å². The van der Waals surface area contributed by atoms with Crippen LogP contribution in [0, 0.1) is 11.8 Å². The summed E-state index contributed by atoms with van der Waals surface area (Å²) < 4.78 is 10.9. The van der Waals surface area contributed by atoms with Gasteiger partial charge in [-0.15, -0.1) is 0 Å². The average Bonchev–Trinajstić information content (AvgIpc) is 3.17. The van der Waals surface area contributed by atoms with Crippen molar-refractivity contribution < 1.29 is 19.1 Å². The summed E-state index contributed by atoms with van der Waals surface area (Å²) in [6.45, 7) is 12.9. The molecule has 2 atom stereocenters. The van der Waals surface area contributed by atoms with Crippen LogP contribution in [0.4, 0.5) is 21.9 Å². The Balaban J connectivity index is 1.91. The van der Waals surface area contributed by atoms with Crippen LogP contribution in [-0.2, 0) is 9.53 Å². The number of amides is 2. The van der Waals surface area contributed by atoms with Crippen molar-refractivity contribution in [1.82, 2.24) is 4.90 Å². The summed E-state index contributed by atoms with van der Waals surface area (Å²) in [5.41, 5.74) is 1.26. The van der Waals surface area contributed by atoms with Crippen LogP contribution in [0.5, 0.6) is 5.75 Å². The van der Waals surface area contributed by atoms with E-state index in [1.807, 2.05) is 6.07 Å². The lowest BCUT2D eigenvalue weighted by Crippen LogP contribution is -2.28. The first kappa shape index (κ1) is 22.0. The number of rotatable bonds is 5. The number of fused-ring (bicyclic) bond motifs is 1. The summed E-state index contributed by atoms with van der Waals surface area (Å²) in [6, 6.07) is 3.57. The predicted octanol–water partition coefficient (Wildman–Crippen LogP) is 3.16. The molecule has 3 rings (SSSR count). The molecule has 8 nitrogen and oxygen atoms in total. The number of methoxy groups -OCH3 is 1. The first-order valence-corrected chi connectivity index (χ1v) is 10.2. The third kappa shape index (κ3) is 5.05. The third-order valence-electron chi connectivity index (χ3n) is 5.41. The molecule has 2 aliphatic rings. The fourth-order valence-corrected chi connectivity index (χ4v) is 4.22. The van der Waals surface area contributed by atoms with E-state index in [1.165, 1.54) is 6.08 Å². The number of carbonyl (C=O) groups is 2. The predicted molar refractivity (Wildman–Crippen MR) is 118 cm³/mol. The first-order chi connectivity index (χ1) is 14.1. The lowest BCUT2D eigenvalue weighted by molar-refractivity contribution is -0.111. The molecule has 0 bridgehead atoms. The number of likely N-dealkylation sites (tertiary alicyclic amines) is 1. The molecule has 2 amide bonds. The topological polar surface area (TPSA) is 83.1 Å². The standard InChI is InChI=1S/C22H32N4O4/c1-7-20(27)23-16-8-17(24-21(28)30-22(2,3)4)19(29-6)9-18(16)26-12-14-10-25(5)11-15(14)13-26/h7-9,14-15H,1,10-13H2,2-6H3,(H,23,27)(H,24,28)/t14-,15+. The molecule has 8 heteroatoms. The van der Waals surface area contributed by atoms with Gasteiger partial charge in [0, 0.05) is 32.2 Å². The molecular weight excluding hydrogens is 384 g/mol. The Labute approximate surface area is 178 Å². The minimum Gasteiger partial charge on any atom is -0.494 e. The van der Waals surface area contributed by atoms with Gasteiger partial charge in [-0.05, 0) is 51.8 Å². The molecule has 2 saturated heterocycles. The number of hydrogen-bond acceptors (Lipinski definition) is 6. The number of hydrogen-bond donors (Lipinski definition) is 2. The van der Waals surface area contributed by atoms with Gasteiger partial charge in [-0.2, -0.15) is 0 Å². The summed E-state index contributed by atoms with van der Waals surface area (Å²) in [5, 5.41) is 5.59. The second-order valence-electron chi connectivity index (χ2n) is 9.04. The maximum absolute atomic E-state index is 12.3. The Morgan fingerprint density at radius 1 is 1.10 bits per heavy atom. The zero-order chi connectivity index (χ0) is 22.1. The average molecular weight is 417 g/mol. The second kappa shape index (κ2) is 8.55. The molecule has 30 heavy (non-hydrogen) atoms. The largest absolute Gasteiger partial charge is 0.494 e. The van der Waals surface area contributed by atoms with Crippen molar-refractivity contribution in [1.29, 1.82) is 0 Å². The quantitative estimate of drug-likeness (QED) is 0.718. The fourth-order valence-electron chi connectivity index (χ4n) is 4.22. The molecular formula is C22H32N4O4. The van der Waals surface area contributed by atoms with Crippen LogP contribution in [0.15, 0.2) is 24.8 Å². The van der Waals surface area contributed by atoms with E-state index >= 15 is 0 Å². The van der Waals surface area contributed by atoms with E-state index in [0.717, 1.165) is 31.9 Å². The van der Waals surface area contributed by atoms with E-state index in [4.69, 9.17) is 9.47 Å². The number of nitrogens with one attached hydrogen (secondary N) is 2. The van der Waals surface area contributed by atoms with Crippen molar-refractivity contribution in [3.8, 4) is 5.75 Å². The highest BCUT2D eigenvalue weighted by atomic mass is 16.6. The van der Waals surface area contributed by atoms with E-state index < -0.39 is 11.7 Å². The Hall–Kier alpha value is -2.74. The molecule has 1 aromatic rings. The molecule has 2 N–H and O–H groups in total. The third-order valence-corrected chi connectivity index (χ3v) is 5.41. The highest BCUT2D eigenvalue weighted by Crippen LogP contribution is 2.41. The van der Waals surface area contributed by atoms with Crippen LogP contribution in [0.25, 0.3) is 0 Å². The Morgan fingerprint density at radius 2 is 1.73 bits per heavy atom. The number of benzene rings is 1.